The number of nitrogens with zero attached hydrogens (tertiary/aromatic N) is 4. The van der Waals surface area contributed by atoms with E-state index < -0.39 is 31.5 Å². The van der Waals surface area contributed by atoms with Crippen molar-refractivity contribution in [2.45, 2.75) is 32.7 Å². The fourth-order valence-electron chi connectivity index (χ4n) is 3.16. The van der Waals surface area contributed by atoms with Crippen molar-refractivity contribution in [1.82, 2.24) is 25.1 Å². The summed E-state index contributed by atoms with van der Waals surface area (Å²) < 4.78 is 39.7. The molecule has 0 aliphatic heterocycles. The molecule has 164 valence electrons. The Morgan fingerprint density at radius 1 is 1.13 bits per heavy atom. The number of carbonyl (C=O) groups is 1. The minimum Gasteiger partial charge on any atom is -0.342 e. The lowest BCUT2D eigenvalue weighted by Crippen LogP contribution is -2.41. The first-order valence-electron chi connectivity index (χ1n) is 9.64. The second kappa shape index (κ2) is 9.59. The molecule has 0 bridgehead atoms. The van der Waals surface area contributed by atoms with Crippen LogP contribution in [0.4, 0.5) is 24.8 Å². The van der Waals surface area contributed by atoms with E-state index in [1.807, 2.05) is 26.0 Å². The number of benzene rings is 1. The van der Waals surface area contributed by atoms with Crippen molar-refractivity contribution in [1.29, 1.82) is 0 Å². The van der Waals surface area contributed by atoms with Crippen LogP contribution in [-0.4, -0.2) is 44.8 Å². The van der Waals surface area contributed by atoms with Gasteiger partial charge in [-0.3, -0.25) is 13.9 Å². The van der Waals surface area contributed by atoms with E-state index in [0.717, 1.165) is 16.8 Å². The monoisotopic (exact) mass is 432 g/mol. The van der Waals surface area contributed by atoms with Gasteiger partial charge in [0.05, 0.1) is 18.4 Å². The Morgan fingerprint density at radius 3 is 2.48 bits per heavy atom. The van der Waals surface area contributed by atoms with Crippen molar-refractivity contribution in [2.75, 3.05) is 12.0 Å². The number of nitrogens with one attached hydrogen (secondary N) is 2. The zero-order valence-corrected chi connectivity index (χ0v) is 17.4. The van der Waals surface area contributed by atoms with Crippen LogP contribution in [0.15, 0.2) is 36.5 Å². The molecule has 2 heterocycles. The lowest BCUT2D eigenvalue weighted by Gasteiger charge is -2.16. The third-order valence-electron chi connectivity index (χ3n) is 4.55. The number of hydrogen-bond donors (Lipinski definition) is 2. The van der Waals surface area contributed by atoms with Gasteiger partial charge in [-0.05, 0) is 49.2 Å². The molecule has 0 unspecified atom stereocenters. The minimum absolute atomic E-state index is 0.0574. The third-order valence-corrected chi connectivity index (χ3v) is 4.55. The van der Waals surface area contributed by atoms with Gasteiger partial charge in [-0.15, -0.1) is 0 Å². The van der Waals surface area contributed by atoms with E-state index >= 15 is 0 Å². The number of amides is 1. The minimum atomic E-state index is -2.87. The molecule has 2 N–H and O–H groups in total. The van der Waals surface area contributed by atoms with Crippen molar-refractivity contribution < 1.29 is 18.0 Å². The van der Waals surface area contributed by atoms with E-state index in [-0.39, 0.29) is 5.69 Å². The van der Waals surface area contributed by atoms with Gasteiger partial charge < -0.3 is 10.6 Å². The number of carbonyl (C=O) groups excluding carboxylic acids is 1. The zero-order chi connectivity index (χ0) is 22.5. The maximum absolute atomic E-state index is 13.0. The molecule has 3 rings (SSSR count). The van der Waals surface area contributed by atoms with E-state index in [1.54, 1.807) is 12.3 Å². The van der Waals surface area contributed by atoms with Gasteiger partial charge in [0, 0.05) is 25.4 Å². The number of aryl methyl sites for hydroxylation is 3. The summed E-state index contributed by atoms with van der Waals surface area (Å²) in [4.78, 5) is 21.0. The van der Waals surface area contributed by atoms with Gasteiger partial charge >= 0.3 is 0 Å². The Labute approximate surface area is 177 Å². The summed E-state index contributed by atoms with van der Waals surface area (Å²) in [6.45, 7) is 3.02. The third kappa shape index (κ3) is 5.59. The summed E-state index contributed by atoms with van der Waals surface area (Å²) in [5.74, 6) is -0.414. The second-order valence-electron chi connectivity index (χ2n) is 7.20. The Kier molecular flexibility index (Phi) is 6.88. The van der Waals surface area contributed by atoms with Gasteiger partial charge in [0.2, 0.25) is 5.95 Å². The molecule has 0 aliphatic rings. The normalized spacial score (nSPS) is 12.1. The van der Waals surface area contributed by atoms with E-state index in [0.29, 0.717) is 17.3 Å². The van der Waals surface area contributed by atoms with Crippen LogP contribution in [0.3, 0.4) is 0 Å². The van der Waals surface area contributed by atoms with Crippen molar-refractivity contribution in [3.8, 4) is 11.4 Å². The average molecular weight is 432 g/mol. The van der Waals surface area contributed by atoms with E-state index in [2.05, 4.69) is 31.8 Å². The van der Waals surface area contributed by atoms with Crippen LogP contribution in [0.1, 0.15) is 28.0 Å². The Hall–Kier alpha value is -3.43. The smallest absolute Gasteiger partial charge is 0.269 e. The average Bonchev–Trinajstić information content (AvgIpc) is 3.09. The van der Waals surface area contributed by atoms with Crippen LogP contribution in [0, 0.1) is 13.8 Å². The molecule has 0 saturated carbocycles. The van der Waals surface area contributed by atoms with E-state index in [4.69, 9.17) is 0 Å². The van der Waals surface area contributed by atoms with Crippen molar-refractivity contribution >= 4 is 17.5 Å². The quantitative estimate of drug-likeness (QED) is 0.563. The first kappa shape index (κ1) is 22.3. The van der Waals surface area contributed by atoms with Gasteiger partial charge in [0.25, 0.3) is 12.3 Å². The van der Waals surface area contributed by atoms with Crippen LogP contribution >= 0.6 is 0 Å². The molecule has 0 aliphatic carbocycles. The van der Waals surface area contributed by atoms with Crippen LogP contribution in [-0.2, 0) is 7.05 Å². The van der Waals surface area contributed by atoms with Gasteiger partial charge in [0.1, 0.15) is 11.4 Å². The molecule has 0 radical (unpaired) electrons. The Morgan fingerprint density at radius 2 is 1.84 bits per heavy atom. The standard InChI is InChI=1S/C21H23F3N6O/c1-12-8-13(2)10-14(9-12)26-21-25-7-5-15(28-21)17-11-18(30(3)29-17)20(31)27-16(4-6-22)19(23)24/h5,7-11,16,19H,4,6H2,1-3H3,(H,27,31)(H,25,26,28)/t16-/m1/s1. The Balaban J connectivity index is 1.81. The Bertz CT molecular complexity index is 1050. The van der Waals surface area contributed by atoms with E-state index in [1.165, 1.54) is 17.8 Å². The summed E-state index contributed by atoms with van der Waals surface area (Å²) in [6, 6.07) is 7.47. The van der Waals surface area contributed by atoms with Crippen LogP contribution in [0.2, 0.25) is 0 Å². The maximum Gasteiger partial charge on any atom is 0.269 e. The number of anilines is 2. The number of aromatic nitrogens is 4. The summed E-state index contributed by atoms with van der Waals surface area (Å²) in [7, 11) is 1.51. The molecule has 2 aromatic heterocycles. The van der Waals surface area contributed by atoms with Crippen LogP contribution in [0.25, 0.3) is 11.4 Å². The molecule has 0 fully saturated rings. The molecule has 7 nitrogen and oxygen atoms in total. The van der Waals surface area contributed by atoms with Crippen molar-refractivity contribution in [3.63, 3.8) is 0 Å². The highest BCUT2D eigenvalue weighted by molar-refractivity contribution is 5.93. The largest absolute Gasteiger partial charge is 0.342 e. The molecule has 1 atom stereocenters. The molecular formula is C21H23F3N6O. The lowest BCUT2D eigenvalue weighted by atomic mass is 10.1. The summed E-state index contributed by atoms with van der Waals surface area (Å²) in [5.41, 5.74) is 3.90. The number of hydrogen-bond acceptors (Lipinski definition) is 5. The molecule has 0 saturated heterocycles. The highest BCUT2D eigenvalue weighted by Crippen LogP contribution is 2.21. The second-order valence-corrected chi connectivity index (χ2v) is 7.20. The maximum atomic E-state index is 13.0. The predicted molar refractivity (Wildman–Crippen MR) is 111 cm³/mol. The first-order chi connectivity index (χ1) is 14.8. The van der Waals surface area contributed by atoms with Crippen molar-refractivity contribution in [3.05, 3.63) is 53.3 Å². The predicted octanol–water partition coefficient (Wildman–Crippen LogP) is 3.96. The molecule has 1 aromatic carbocycles. The molecule has 0 spiro atoms. The highest BCUT2D eigenvalue weighted by atomic mass is 19.3. The fourth-order valence-corrected chi connectivity index (χ4v) is 3.16. The molecular weight excluding hydrogens is 409 g/mol. The van der Waals surface area contributed by atoms with Gasteiger partial charge in [-0.2, -0.15) is 5.10 Å². The molecule has 10 heteroatoms. The zero-order valence-electron chi connectivity index (χ0n) is 17.4. The topological polar surface area (TPSA) is 84.7 Å². The van der Waals surface area contributed by atoms with Gasteiger partial charge in [-0.25, -0.2) is 18.7 Å². The van der Waals surface area contributed by atoms with Crippen LogP contribution in [0.5, 0.6) is 0 Å². The van der Waals surface area contributed by atoms with Crippen LogP contribution < -0.4 is 10.6 Å². The summed E-state index contributed by atoms with van der Waals surface area (Å²) in [6.07, 6.45) is -1.78. The van der Waals surface area contributed by atoms with Gasteiger partial charge in [0.15, 0.2) is 0 Å². The number of halogens is 3. The fraction of sp³-hybridized carbons (Fsp3) is 0.333. The SMILES string of the molecule is Cc1cc(C)cc(Nc2nccc(-c3cc(C(=O)N[C@H](CCF)C(F)F)n(C)n3)n2)c1. The molecule has 1 amide bonds. The molecule has 3 aromatic rings. The van der Waals surface area contributed by atoms with Crippen molar-refractivity contribution in [2.24, 2.45) is 7.05 Å². The summed E-state index contributed by atoms with van der Waals surface area (Å²) >= 11 is 0. The number of rotatable bonds is 8. The highest BCUT2D eigenvalue weighted by Gasteiger charge is 2.24. The lowest BCUT2D eigenvalue weighted by molar-refractivity contribution is 0.0703. The number of alkyl halides is 3. The van der Waals surface area contributed by atoms with E-state index in [9.17, 15) is 18.0 Å². The molecule has 31 heavy (non-hydrogen) atoms. The van der Waals surface area contributed by atoms with Gasteiger partial charge in [-0.1, -0.05) is 6.07 Å². The summed E-state index contributed by atoms with van der Waals surface area (Å²) in [5, 5.41) is 9.55. The first-order valence-corrected chi connectivity index (χ1v) is 9.64.